The Morgan fingerprint density at radius 2 is 1.96 bits per heavy atom. The Morgan fingerprint density at radius 1 is 1.21 bits per heavy atom. The third kappa shape index (κ3) is 4.41. The van der Waals surface area contributed by atoms with Crippen molar-refractivity contribution >= 4 is 17.5 Å². The summed E-state index contributed by atoms with van der Waals surface area (Å²) in [6, 6.07) is 5.54. The summed E-state index contributed by atoms with van der Waals surface area (Å²) in [5, 5.41) is 9.01. The minimum absolute atomic E-state index is 0.181. The van der Waals surface area contributed by atoms with Gasteiger partial charge in [-0.15, -0.1) is 0 Å². The number of carbonyl (C=O) groups excluding carboxylic acids is 2. The van der Waals surface area contributed by atoms with Crippen molar-refractivity contribution in [1.82, 2.24) is 15.5 Å². The molecule has 0 atom stereocenters. The fourth-order valence-electron chi connectivity index (χ4n) is 2.03. The third-order valence-corrected chi connectivity index (χ3v) is 3.68. The quantitative estimate of drug-likeness (QED) is 0.818. The zero-order valence-corrected chi connectivity index (χ0v) is 14.3. The Morgan fingerprint density at radius 3 is 2.62 bits per heavy atom. The maximum absolute atomic E-state index is 11.9. The summed E-state index contributed by atoms with van der Waals surface area (Å²) in [5.41, 5.74) is 2.62. The molecule has 0 saturated heterocycles. The minimum Gasteiger partial charge on any atom is -0.347 e. The molecule has 1 aromatic carbocycles. The molecule has 2 aromatic rings. The zero-order valence-electron chi connectivity index (χ0n) is 14.3. The van der Waals surface area contributed by atoms with Crippen LogP contribution in [0.2, 0.25) is 0 Å². The first kappa shape index (κ1) is 17.7. The molecule has 1 aromatic heterocycles. The van der Waals surface area contributed by atoms with E-state index in [9.17, 15) is 9.59 Å². The Hall–Kier alpha value is -2.70. The van der Waals surface area contributed by atoms with E-state index in [1.807, 2.05) is 39.8 Å². The topological polar surface area (TPSA) is 97.1 Å². The van der Waals surface area contributed by atoms with Crippen LogP contribution in [0.3, 0.4) is 0 Å². The maximum Gasteiger partial charge on any atom is 0.313 e. The average Bonchev–Trinajstić information content (AvgIpc) is 3.01. The largest absolute Gasteiger partial charge is 0.347 e. The van der Waals surface area contributed by atoms with Crippen LogP contribution in [0, 0.1) is 13.8 Å². The van der Waals surface area contributed by atoms with Gasteiger partial charge in [0.05, 0.1) is 0 Å². The zero-order chi connectivity index (χ0) is 17.7. The molecular formula is C17H22N4O3. The first-order chi connectivity index (χ1) is 11.4. The van der Waals surface area contributed by atoms with Crippen LogP contribution in [-0.2, 0) is 16.0 Å². The van der Waals surface area contributed by atoms with Crippen molar-refractivity contribution < 1.29 is 14.1 Å². The molecule has 2 rings (SSSR count). The summed E-state index contributed by atoms with van der Waals surface area (Å²) < 4.78 is 5.08. The molecule has 0 aliphatic rings. The van der Waals surface area contributed by atoms with Crippen molar-refractivity contribution in [2.45, 2.75) is 40.0 Å². The summed E-state index contributed by atoms with van der Waals surface area (Å²) in [5.74, 6) is -0.144. The lowest BCUT2D eigenvalue weighted by atomic mass is 10.1. The number of hydrogen-bond donors (Lipinski definition) is 2. The highest BCUT2D eigenvalue weighted by molar-refractivity contribution is 6.39. The standard InChI is InChI=1S/C17H22N4O3/c1-10(2)15-20-14(24-21-15)8-9-18-16(22)17(23)19-13-7-5-6-11(3)12(13)4/h5-7,10H,8-9H2,1-4H3,(H,18,22)(H,19,23). The minimum atomic E-state index is -0.697. The van der Waals surface area contributed by atoms with Gasteiger partial charge in [-0.1, -0.05) is 31.1 Å². The molecular weight excluding hydrogens is 308 g/mol. The van der Waals surface area contributed by atoms with Crippen molar-refractivity contribution in [1.29, 1.82) is 0 Å². The number of hydrogen-bond acceptors (Lipinski definition) is 5. The average molecular weight is 330 g/mol. The molecule has 0 spiro atoms. The lowest BCUT2D eigenvalue weighted by Gasteiger charge is -2.10. The van der Waals surface area contributed by atoms with Gasteiger partial charge in [0.15, 0.2) is 5.82 Å². The van der Waals surface area contributed by atoms with Gasteiger partial charge < -0.3 is 15.2 Å². The molecule has 7 heteroatoms. The molecule has 2 amide bonds. The maximum atomic E-state index is 11.9. The van der Waals surface area contributed by atoms with Gasteiger partial charge in [0.25, 0.3) is 0 Å². The van der Waals surface area contributed by atoms with Gasteiger partial charge >= 0.3 is 11.8 Å². The molecule has 0 unspecified atom stereocenters. The van der Waals surface area contributed by atoms with Gasteiger partial charge in [-0.2, -0.15) is 4.98 Å². The van der Waals surface area contributed by atoms with Gasteiger partial charge in [0, 0.05) is 24.6 Å². The Kier molecular flexibility index (Phi) is 5.68. The molecule has 7 nitrogen and oxygen atoms in total. The van der Waals surface area contributed by atoms with Crippen LogP contribution in [0.5, 0.6) is 0 Å². The molecule has 128 valence electrons. The monoisotopic (exact) mass is 330 g/mol. The highest BCUT2D eigenvalue weighted by Crippen LogP contribution is 2.17. The van der Waals surface area contributed by atoms with Crippen molar-refractivity contribution in [2.24, 2.45) is 0 Å². The Bertz CT molecular complexity index is 737. The molecule has 0 fully saturated rings. The van der Waals surface area contributed by atoms with Crippen molar-refractivity contribution in [3.63, 3.8) is 0 Å². The first-order valence-electron chi connectivity index (χ1n) is 7.86. The molecule has 0 aliphatic heterocycles. The number of amides is 2. The van der Waals surface area contributed by atoms with E-state index in [2.05, 4.69) is 20.8 Å². The number of aromatic nitrogens is 2. The van der Waals surface area contributed by atoms with Gasteiger partial charge in [0.2, 0.25) is 5.89 Å². The molecule has 0 bridgehead atoms. The fraction of sp³-hybridized carbons (Fsp3) is 0.412. The number of benzene rings is 1. The summed E-state index contributed by atoms with van der Waals surface area (Å²) in [4.78, 5) is 28.0. The number of nitrogens with one attached hydrogen (secondary N) is 2. The molecule has 0 saturated carbocycles. The highest BCUT2D eigenvalue weighted by Gasteiger charge is 2.15. The number of rotatable bonds is 5. The lowest BCUT2D eigenvalue weighted by Crippen LogP contribution is -2.36. The Labute approximate surface area is 140 Å². The lowest BCUT2D eigenvalue weighted by molar-refractivity contribution is -0.136. The van der Waals surface area contributed by atoms with Crippen LogP contribution in [0.4, 0.5) is 5.69 Å². The van der Waals surface area contributed by atoms with E-state index in [1.165, 1.54) is 0 Å². The number of anilines is 1. The second-order valence-electron chi connectivity index (χ2n) is 5.91. The van der Waals surface area contributed by atoms with Gasteiger partial charge in [-0.3, -0.25) is 9.59 Å². The van der Waals surface area contributed by atoms with Crippen molar-refractivity contribution in [3.05, 3.63) is 41.0 Å². The summed E-state index contributed by atoms with van der Waals surface area (Å²) >= 11 is 0. The van der Waals surface area contributed by atoms with Gasteiger partial charge in [-0.25, -0.2) is 0 Å². The van der Waals surface area contributed by atoms with E-state index < -0.39 is 11.8 Å². The van der Waals surface area contributed by atoms with Gasteiger partial charge in [0.1, 0.15) is 0 Å². The third-order valence-electron chi connectivity index (χ3n) is 3.68. The summed E-state index contributed by atoms with van der Waals surface area (Å²) in [6.45, 7) is 8.02. The van der Waals surface area contributed by atoms with Crippen LogP contribution in [0.15, 0.2) is 22.7 Å². The highest BCUT2D eigenvalue weighted by atomic mass is 16.5. The first-order valence-corrected chi connectivity index (χ1v) is 7.86. The van der Waals surface area contributed by atoms with Gasteiger partial charge in [-0.05, 0) is 31.0 Å². The Balaban J connectivity index is 1.83. The molecule has 24 heavy (non-hydrogen) atoms. The van der Waals surface area contributed by atoms with E-state index >= 15 is 0 Å². The van der Waals surface area contributed by atoms with E-state index in [-0.39, 0.29) is 12.5 Å². The predicted molar refractivity (Wildman–Crippen MR) is 89.6 cm³/mol. The predicted octanol–water partition coefficient (Wildman–Crippen LogP) is 2.11. The van der Waals surface area contributed by atoms with Crippen LogP contribution in [0.1, 0.15) is 42.6 Å². The molecule has 2 N–H and O–H groups in total. The van der Waals surface area contributed by atoms with E-state index in [0.29, 0.717) is 23.8 Å². The van der Waals surface area contributed by atoms with E-state index in [1.54, 1.807) is 6.07 Å². The van der Waals surface area contributed by atoms with Crippen LogP contribution in [0.25, 0.3) is 0 Å². The van der Waals surface area contributed by atoms with E-state index in [4.69, 9.17) is 4.52 Å². The smallest absolute Gasteiger partial charge is 0.313 e. The fourth-order valence-corrected chi connectivity index (χ4v) is 2.03. The summed E-state index contributed by atoms with van der Waals surface area (Å²) in [6.07, 6.45) is 0.377. The summed E-state index contributed by atoms with van der Waals surface area (Å²) in [7, 11) is 0. The number of nitrogens with zero attached hydrogens (tertiary/aromatic N) is 2. The SMILES string of the molecule is Cc1cccc(NC(=O)C(=O)NCCc2nc(C(C)C)no2)c1C. The van der Waals surface area contributed by atoms with Crippen molar-refractivity contribution in [2.75, 3.05) is 11.9 Å². The van der Waals surface area contributed by atoms with Crippen LogP contribution >= 0.6 is 0 Å². The van der Waals surface area contributed by atoms with E-state index in [0.717, 1.165) is 11.1 Å². The molecule has 0 aliphatic carbocycles. The second kappa shape index (κ2) is 7.72. The second-order valence-corrected chi connectivity index (χ2v) is 5.91. The normalized spacial score (nSPS) is 10.7. The molecule has 0 radical (unpaired) electrons. The van der Waals surface area contributed by atoms with Crippen LogP contribution < -0.4 is 10.6 Å². The number of carbonyl (C=O) groups is 2. The van der Waals surface area contributed by atoms with Crippen LogP contribution in [-0.4, -0.2) is 28.5 Å². The molecule has 1 heterocycles. The van der Waals surface area contributed by atoms with Crippen molar-refractivity contribution in [3.8, 4) is 0 Å². The number of aryl methyl sites for hydroxylation is 1.